The van der Waals surface area contributed by atoms with Gasteiger partial charge in [0.15, 0.2) is 0 Å². The lowest BCUT2D eigenvalue weighted by Gasteiger charge is -2.17. The van der Waals surface area contributed by atoms with Crippen LogP contribution in [0.5, 0.6) is 0 Å². The van der Waals surface area contributed by atoms with Crippen LogP contribution in [0.4, 0.5) is 0 Å². The van der Waals surface area contributed by atoms with Gasteiger partial charge in [0.25, 0.3) is 0 Å². The summed E-state index contributed by atoms with van der Waals surface area (Å²) >= 11 is 0. The predicted octanol–water partition coefficient (Wildman–Crippen LogP) is 2.70. The SMILES string of the molecule is CCCOCCCNC(C(=O)OCC)c1ccccc1. The zero-order valence-electron chi connectivity index (χ0n) is 12.4. The Morgan fingerprint density at radius 1 is 1.20 bits per heavy atom. The summed E-state index contributed by atoms with van der Waals surface area (Å²) in [7, 11) is 0. The number of hydrogen-bond donors (Lipinski definition) is 1. The van der Waals surface area contributed by atoms with E-state index in [4.69, 9.17) is 9.47 Å². The number of esters is 1. The monoisotopic (exact) mass is 279 g/mol. The van der Waals surface area contributed by atoms with E-state index >= 15 is 0 Å². The summed E-state index contributed by atoms with van der Waals surface area (Å²) in [6, 6.07) is 9.25. The minimum absolute atomic E-state index is 0.229. The molecule has 1 aromatic rings. The molecule has 0 amide bonds. The van der Waals surface area contributed by atoms with Crippen molar-refractivity contribution in [2.24, 2.45) is 0 Å². The van der Waals surface area contributed by atoms with E-state index in [9.17, 15) is 4.79 Å². The minimum atomic E-state index is -0.401. The second kappa shape index (κ2) is 10.4. The molecule has 0 saturated carbocycles. The fraction of sp³-hybridized carbons (Fsp3) is 0.562. The van der Waals surface area contributed by atoms with Crippen LogP contribution < -0.4 is 5.32 Å². The molecule has 0 heterocycles. The fourth-order valence-electron chi connectivity index (χ4n) is 1.88. The van der Waals surface area contributed by atoms with Crippen LogP contribution in [0.2, 0.25) is 0 Å². The topological polar surface area (TPSA) is 47.6 Å². The third-order valence-electron chi connectivity index (χ3n) is 2.82. The Morgan fingerprint density at radius 3 is 2.60 bits per heavy atom. The van der Waals surface area contributed by atoms with Crippen molar-refractivity contribution in [1.82, 2.24) is 5.32 Å². The summed E-state index contributed by atoms with van der Waals surface area (Å²) in [5.41, 5.74) is 0.931. The highest BCUT2D eigenvalue weighted by Crippen LogP contribution is 2.14. The lowest BCUT2D eigenvalue weighted by atomic mass is 10.1. The standard InChI is InChI=1S/C16H25NO3/c1-3-12-19-13-8-11-17-15(16(18)20-4-2)14-9-6-5-7-10-14/h5-7,9-10,15,17H,3-4,8,11-13H2,1-2H3. The molecule has 4 nitrogen and oxygen atoms in total. The fourth-order valence-corrected chi connectivity index (χ4v) is 1.88. The average Bonchev–Trinajstić information content (AvgIpc) is 2.47. The van der Waals surface area contributed by atoms with Crippen LogP contribution >= 0.6 is 0 Å². The Morgan fingerprint density at radius 2 is 1.95 bits per heavy atom. The highest BCUT2D eigenvalue weighted by molar-refractivity contribution is 5.77. The number of hydrogen-bond acceptors (Lipinski definition) is 4. The van der Waals surface area contributed by atoms with Gasteiger partial charge in [-0.1, -0.05) is 37.3 Å². The first-order valence-corrected chi connectivity index (χ1v) is 7.32. The first-order valence-electron chi connectivity index (χ1n) is 7.32. The molecule has 0 radical (unpaired) electrons. The van der Waals surface area contributed by atoms with Gasteiger partial charge >= 0.3 is 5.97 Å². The van der Waals surface area contributed by atoms with Crippen molar-refractivity contribution in [3.05, 3.63) is 35.9 Å². The van der Waals surface area contributed by atoms with Gasteiger partial charge in [0.05, 0.1) is 6.61 Å². The van der Waals surface area contributed by atoms with Crippen molar-refractivity contribution in [2.75, 3.05) is 26.4 Å². The first kappa shape index (κ1) is 16.7. The third kappa shape index (κ3) is 6.17. The molecule has 1 atom stereocenters. The van der Waals surface area contributed by atoms with Crippen molar-refractivity contribution in [3.63, 3.8) is 0 Å². The summed E-state index contributed by atoms with van der Waals surface area (Å²) in [5.74, 6) is -0.229. The van der Waals surface area contributed by atoms with Crippen molar-refractivity contribution in [3.8, 4) is 0 Å². The summed E-state index contributed by atoms with van der Waals surface area (Å²) in [6.45, 7) is 6.53. The van der Waals surface area contributed by atoms with E-state index in [-0.39, 0.29) is 5.97 Å². The van der Waals surface area contributed by atoms with Gasteiger partial charge in [-0.2, -0.15) is 0 Å². The molecule has 112 valence electrons. The first-order chi connectivity index (χ1) is 9.79. The molecule has 1 rings (SSSR count). The van der Waals surface area contributed by atoms with Crippen molar-refractivity contribution in [1.29, 1.82) is 0 Å². The van der Waals surface area contributed by atoms with E-state index in [1.165, 1.54) is 0 Å². The van der Waals surface area contributed by atoms with Gasteiger partial charge in [-0.15, -0.1) is 0 Å². The largest absolute Gasteiger partial charge is 0.465 e. The van der Waals surface area contributed by atoms with E-state index in [0.717, 1.165) is 31.6 Å². The summed E-state index contributed by atoms with van der Waals surface area (Å²) in [5, 5.41) is 3.24. The molecule has 0 aliphatic rings. The van der Waals surface area contributed by atoms with Crippen LogP contribution in [-0.2, 0) is 14.3 Å². The van der Waals surface area contributed by atoms with Gasteiger partial charge < -0.3 is 14.8 Å². The van der Waals surface area contributed by atoms with E-state index in [0.29, 0.717) is 13.2 Å². The van der Waals surface area contributed by atoms with Crippen LogP contribution in [-0.4, -0.2) is 32.3 Å². The molecule has 0 bridgehead atoms. The maximum absolute atomic E-state index is 12.0. The van der Waals surface area contributed by atoms with E-state index in [1.54, 1.807) is 0 Å². The molecule has 1 aromatic carbocycles. The molecule has 0 spiro atoms. The molecule has 0 saturated heterocycles. The van der Waals surface area contributed by atoms with Gasteiger partial charge in [-0.25, -0.2) is 4.79 Å². The Bertz CT molecular complexity index is 367. The molecular formula is C16H25NO3. The molecule has 0 aromatic heterocycles. The Hall–Kier alpha value is -1.39. The van der Waals surface area contributed by atoms with Gasteiger partial charge in [-0.3, -0.25) is 0 Å². The molecular weight excluding hydrogens is 254 g/mol. The number of carbonyl (C=O) groups is 1. The number of nitrogens with one attached hydrogen (secondary N) is 1. The van der Waals surface area contributed by atoms with Gasteiger partial charge in [0, 0.05) is 13.2 Å². The van der Waals surface area contributed by atoms with Crippen LogP contribution in [0.25, 0.3) is 0 Å². The van der Waals surface area contributed by atoms with E-state index < -0.39 is 6.04 Å². The van der Waals surface area contributed by atoms with Crippen molar-refractivity contribution in [2.45, 2.75) is 32.7 Å². The van der Waals surface area contributed by atoms with Crippen LogP contribution in [0.3, 0.4) is 0 Å². The Labute approximate surface area is 121 Å². The lowest BCUT2D eigenvalue weighted by molar-refractivity contribution is -0.145. The van der Waals surface area contributed by atoms with Gasteiger partial charge in [-0.05, 0) is 31.9 Å². The molecule has 0 aliphatic heterocycles. The zero-order valence-corrected chi connectivity index (χ0v) is 12.4. The maximum Gasteiger partial charge on any atom is 0.327 e. The van der Waals surface area contributed by atoms with Crippen LogP contribution in [0, 0.1) is 0 Å². The van der Waals surface area contributed by atoms with Gasteiger partial charge in [0.1, 0.15) is 6.04 Å². The predicted molar refractivity (Wildman–Crippen MR) is 79.5 cm³/mol. The van der Waals surface area contributed by atoms with Crippen LogP contribution in [0.15, 0.2) is 30.3 Å². The van der Waals surface area contributed by atoms with E-state index in [2.05, 4.69) is 12.2 Å². The molecule has 0 fully saturated rings. The second-order valence-corrected chi connectivity index (χ2v) is 4.52. The number of ether oxygens (including phenoxy) is 2. The summed E-state index contributed by atoms with van der Waals surface area (Å²) in [6.07, 6.45) is 1.91. The molecule has 0 aliphatic carbocycles. The molecule has 4 heteroatoms. The van der Waals surface area contributed by atoms with Gasteiger partial charge in [0.2, 0.25) is 0 Å². The molecule has 1 N–H and O–H groups in total. The summed E-state index contributed by atoms with van der Waals surface area (Å²) < 4.78 is 10.5. The lowest BCUT2D eigenvalue weighted by Crippen LogP contribution is -2.31. The third-order valence-corrected chi connectivity index (χ3v) is 2.82. The number of rotatable bonds is 10. The quantitative estimate of drug-likeness (QED) is 0.528. The normalized spacial score (nSPS) is 12.1. The number of benzene rings is 1. The van der Waals surface area contributed by atoms with E-state index in [1.807, 2.05) is 37.3 Å². The maximum atomic E-state index is 12.0. The summed E-state index contributed by atoms with van der Waals surface area (Å²) in [4.78, 5) is 12.0. The minimum Gasteiger partial charge on any atom is -0.465 e. The van der Waals surface area contributed by atoms with Crippen molar-refractivity contribution < 1.29 is 14.3 Å². The van der Waals surface area contributed by atoms with Crippen LogP contribution in [0.1, 0.15) is 38.3 Å². The Balaban J connectivity index is 2.45. The molecule has 20 heavy (non-hydrogen) atoms. The number of carbonyl (C=O) groups excluding carboxylic acids is 1. The zero-order chi connectivity index (χ0) is 14.6. The highest BCUT2D eigenvalue weighted by Gasteiger charge is 2.20. The molecule has 1 unspecified atom stereocenters. The Kier molecular flexibility index (Phi) is 8.67. The van der Waals surface area contributed by atoms with Crippen molar-refractivity contribution >= 4 is 5.97 Å². The highest BCUT2D eigenvalue weighted by atomic mass is 16.5. The smallest absolute Gasteiger partial charge is 0.327 e. The average molecular weight is 279 g/mol. The second-order valence-electron chi connectivity index (χ2n) is 4.52.